The number of amides is 1. The van der Waals surface area contributed by atoms with Gasteiger partial charge in [0.2, 0.25) is 0 Å². The molecule has 0 spiro atoms. The first kappa shape index (κ1) is 12.3. The topological polar surface area (TPSA) is 54.5 Å². The molecule has 3 rings (SSSR count). The van der Waals surface area contributed by atoms with Crippen LogP contribution in [-0.2, 0) is 9.59 Å². The summed E-state index contributed by atoms with van der Waals surface area (Å²) in [6, 6.07) is 2.31. The zero-order valence-electron chi connectivity index (χ0n) is 9.78. The lowest BCUT2D eigenvalue weighted by Crippen LogP contribution is -2.35. The molecule has 1 heterocycles. The lowest BCUT2D eigenvalue weighted by molar-refractivity contribution is -0.121. The molecular formula is C13H9ClFNO3. The summed E-state index contributed by atoms with van der Waals surface area (Å²) >= 11 is 5.83. The molecule has 0 radical (unpaired) electrons. The van der Waals surface area contributed by atoms with Crippen molar-refractivity contribution in [2.24, 2.45) is 5.92 Å². The van der Waals surface area contributed by atoms with Gasteiger partial charge in [0.05, 0.1) is 22.8 Å². The summed E-state index contributed by atoms with van der Waals surface area (Å²) in [5.74, 6) is -2.68. The number of hydrogen-bond donors (Lipinski definition) is 0. The first-order chi connectivity index (χ1) is 9.00. The predicted molar refractivity (Wildman–Crippen MR) is 65.8 cm³/mol. The van der Waals surface area contributed by atoms with Gasteiger partial charge in [-0.15, -0.1) is 0 Å². The minimum atomic E-state index is -0.893. The molecule has 1 aliphatic carbocycles. The van der Waals surface area contributed by atoms with Crippen molar-refractivity contribution in [1.29, 1.82) is 0 Å². The molecule has 0 unspecified atom stereocenters. The molecule has 0 atom stereocenters. The number of carbonyl (C=O) groups is 3. The molecule has 1 saturated carbocycles. The van der Waals surface area contributed by atoms with Crippen molar-refractivity contribution >= 4 is 34.8 Å². The van der Waals surface area contributed by atoms with E-state index in [0.29, 0.717) is 0 Å². The molecule has 0 aromatic heterocycles. The minimum Gasteiger partial charge on any atom is -0.297 e. The van der Waals surface area contributed by atoms with Crippen molar-refractivity contribution in [1.82, 2.24) is 0 Å². The molecule has 0 N–H and O–H groups in total. The van der Waals surface area contributed by atoms with Gasteiger partial charge in [0.25, 0.3) is 11.7 Å². The predicted octanol–water partition coefficient (Wildman–Crippen LogP) is 1.99. The maximum Gasteiger partial charge on any atom is 0.300 e. The van der Waals surface area contributed by atoms with E-state index in [4.69, 9.17) is 11.6 Å². The molecule has 1 aromatic carbocycles. The van der Waals surface area contributed by atoms with E-state index in [0.717, 1.165) is 23.8 Å². The fourth-order valence-corrected chi connectivity index (χ4v) is 2.43. The van der Waals surface area contributed by atoms with Crippen LogP contribution >= 0.6 is 11.6 Å². The van der Waals surface area contributed by atoms with Crippen molar-refractivity contribution in [2.45, 2.75) is 12.8 Å². The van der Waals surface area contributed by atoms with Crippen LogP contribution in [0.3, 0.4) is 0 Å². The van der Waals surface area contributed by atoms with E-state index in [1.165, 1.54) is 6.07 Å². The average Bonchev–Trinajstić information content (AvgIpc) is 3.18. The second-order valence-electron chi connectivity index (χ2n) is 4.71. The van der Waals surface area contributed by atoms with E-state index in [9.17, 15) is 18.8 Å². The number of fused-ring (bicyclic) bond motifs is 1. The van der Waals surface area contributed by atoms with E-state index in [-0.39, 0.29) is 34.5 Å². The Morgan fingerprint density at radius 2 is 2.05 bits per heavy atom. The van der Waals surface area contributed by atoms with Crippen LogP contribution in [0.2, 0.25) is 5.02 Å². The van der Waals surface area contributed by atoms with Crippen LogP contribution < -0.4 is 4.90 Å². The van der Waals surface area contributed by atoms with Crippen molar-refractivity contribution < 1.29 is 18.8 Å². The Balaban J connectivity index is 2.03. The van der Waals surface area contributed by atoms with E-state index in [1.54, 1.807) is 0 Å². The fourth-order valence-electron chi connectivity index (χ4n) is 2.19. The van der Waals surface area contributed by atoms with Crippen LogP contribution in [0, 0.1) is 11.7 Å². The van der Waals surface area contributed by atoms with Gasteiger partial charge >= 0.3 is 0 Å². The number of carbonyl (C=O) groups excluding carboxylic acids is 3. The van der Waals surface area contributed by atoms with Crippen LogP contribution in [0.5, 0.6) is 0 Å². The molecule has 98 valence electrons. The number of rotatable bonds is 3. The summed E-state index contributed by atoms with van der Waals surface area (Å²) in [6.45, 7) is -0.264. The summed E-state index contributed by atoms with van der Waals surface area (Å²) in [5, 5.41) is 0.0242. The standard InChI is InChI=1S/C13H9ClFNO3/c14-7-3-4-8(15)11-10(7)12(18)13(19)16(11)5-9(17)6-1-2-6/h3-4,6H,1-2,5H2. The fraction of sp³-hybridized carbons (Fsp3) is 0.308. The van der Waals surface area contributed by atoms with Crippen LogP contribution in [0.4, 0.5) is 10.1 Å². The summed E-state index contributed by atoms with van der Waals surface area (Å²) < 4.78 is 13.8. The molecule has 1 fully saturated rings. The molecule has 1 amide bonds. The van der Waals surface area contributed by atoms with Gasteiger partial charge < -0.3 is 0 Å². The Labute approximate surface area is 113 Å². The molecule has 4 nitrogen and oxygen atoms in total. The summed E-state index contributed by atoms with van der Waals surface area (Å²) in [7, 11) is 0. The lowest BCUT2D eigenvalue weighted by atomic mass is 10.1. The summed E-state index contributed by atoms with van der Waals surface area (Å²) in [5.41, 5.74) is -0.313. The number of Topliss-reactive ketones (excluding diaryl/α,β-unsaturated/α-hetero) is 2. The molecule has 0 saturated heterocycles. The molecule has 1 aliphatic heterocycles. The Morgan fingerprint density at radius 1 is 1.37 bits per heavy atom. The SMILES string of the molecule is O=C1C(=O)N(CC(=O)C2CC2)c2c(F)ccc(Cl)c21. The maximum absolute atomic E-state index is 13.8. The van der Waals surface area contributed by atoms with Crippen LogP contribution in [0.25, 0.3) is 0 Å². The largest absolute Gasteiger partial charge is 0.300 e. The van der Waals surface area contributed by atoms with E-state index in [1.807, 2.05) is 0 Å². The van der Waals surface area contributed by atoms with E-state index in [2.05, 4.69) is 0 Å². The number of hydrogen-bond acceptors (Lipinski definition) is 3. The van der Waals surface area contributed by atoms with Gasteiger partial charge in [-0.2, -0.15) is 0 Å². The normalized spacial score (nSPS) is 17.9. The molecule has 6 heteroatoms. The number of anilines is 1. The van der Waals surface area contributed by atoms with Gasteiger partial charge in [-0.1, -0.05) is 11.6 Å². The minimum absolute atomic E-state index is 0.0242. The van der Waals surface area contributed by atoms with Crippen molar-refractivity contribution in [3.05, 3.63) is 28.5 Å². The highest BCUT2D eigenvalue weighted by Gasteiger charge is 2.42. The van der Waals surface area contributed by atoms with Crippen LogP contribution in [-0.4, -0.2) is 24.0 Å². The monoisotopic (exact) mass is 281 g/mol. The van der Waals surface area contributed by atoms with E-state index < -0.39 is 17.5 Å². The second-order valence-corrected chi connectivity index (χ2v) is 5.12. The highest BCUT2D eigenvalue weighted by Crippen LogP contribution is 2.37. The smallest absolute Gasteiger partial charge is 0.297 e. The van der Waals surface area contributed by atoms with E-state index >= 15 is 0 Å². The molecule has 0 bridgehead atoms. The third-order valence-electron chi connectivity index (χ3n) is 3.36. The zero-order valence-corrected chi connectivity index (χ0v) is 10.5. The molecule has 19 heavy (non-hydrogen) atoms. The lowest BCUT2D eigenvalue weighted by Gasteiger charge is -2.16. The number of benzene rings is 1. The van der Waals surface area contributed by atoms with Gasteiger partial charge in [0.1, 0.15) is 5.82 Å². The van der Waals surface area contributed by atoms with Crippen LogP contribution in [0.1, 0.15) is 23.2 Å². The first-order valence-electron chi connectivity index (χ1n) is 5.87. The quantitative estimate of drug-likeness (QED) is 0.796. The second kappa shape index (κ2) is 4.13. The van der Waals surface area contributed by atoms with Crippen molar-refractivity contribution in [3.63, 3.8) is 0 Å². The van der Waals surface area contributed by atoms with Gasteiger partial charge in [-0.3, -0.25) is 19.3 Å². The molecular weight excluding hydrogens is 273 g/mol. The Bertz CT molecular complexity index is 625. The summed E-state index contributed by atoms with van der Waals surface area (Å²) in [6.07, 6.45) is 1.58. The van der Waals surface area contributed by atoms with Crippen LogP contribution in [0.15, 0.2) is 12.1 Å². The average molecular weight is 282 g/mol. The maximum atomic E-state index is 13.8. The number of ketones is 2. The number of nitrogens with zero attached hydrogens (tertiary/aromatic N) is 1. The van der Waals surface area contributed by atoms with Crippen molar-refractivity contribution in [3.8, 4) is 0 Å². The van der Waals surface area contributed by atoms with Gasteiger partial charge in [0.15, 0.2) is 5.78 Å². The number of halogens is 2. The molecule has 2 aliphatic rings. The van der Waals surface area contributed by atoms with Crippen molar-refractivity contribution in [2.75, 3.05) is 11.4 Å². The zero-order chi connectivity index (χ0) is 13.7. The van der Waals surface area contributed by atoms with Gasteiger partial charge in [-0.25, -0.2) is 4.39 Å². The highest BCUT2D eigenvalue weighted by molar-refractivity contribution is 6.55. The van der Waals surface area contributed by atoms with Gasteiger partial charge in [-0.05, 0) is 25.0 Å². The highest BCUT2D eigenvalue weighted by atomic mass is 35.5. The van der Waals surface area contributed by atoms with Gasteiger partial charge in [0, 0.05) is 5.92 Å². The Hall–Kier alpha value is -1.75. The Kier molecular flexibility index (Phi) is 2.67. The first-order valence-corrected chi connectivity index (χ1v) is 6.25. The summed E-state index contributed by atoms with van der Waals surface area (Å²) in [4.78, 5) is 36.3. The Morgan fingerprint density at radius 3 is 2.68 bits per heavy atom. The molecule has 1 aromatic rings. The third kappa shape index (κ3) is 1.85. The third-order valence-corrected chi connectivity index (χ3v) is 3.68.